The van der Waals surface area contributed by atoms with Crippen molar-refractivity contribution in [3.8, 4) is 5.75 Å². The summed E-state index contributed by atoms with van der Waals surface area (Å²) in [6.45, 7) is 4.56. The van der Waals surface area contributed by atoms with E-state index in [1.54, 1.807) is 12.1 Å². The van der Waals surface area contributed by atoms with Gasteiger partial charge in [-0.2, -0.15) is 0 Å². The largest absolute Gasteiger partial charge is 0.496 e. The minimum atomic E-state index is -2.92. The van der Waals surface area contributed by atoms with Gasteiger partial charge in [-0.05, 0) is 31.9 Å². The van der Waals surface area contributed by atoms with Crippen LogP contribution in [0.15, 0.2) is 18.2 Å². The van der Waals surface area contributed by atoms with Crippen molar-refractivity contribution in [2.75, 3.05) is 7.11 Å². The molecule has 0 amide bonds. The molecule has 2 nitrogen and oxygen atoms in total. The zero-order chi connectivity index (χ0) is 13.3. The second kappa shape index (κ2) is 4.61. The van der Waals surface area contributed by atoms with E-state index in [0.29, 0.717) is 12.0 Å². The number of ether oxygens (including phenoxy) is 1. The van der Waals surface area contributed by atoms with E-state index in [1.807, 2.05) is 13.8 Å². The number of methoxy groups -OCH3 is 1. The van der Waals surface area contributed by atoms with E-state index < -0.39 is 11.5 Å². The monoisotopic (exact) mass is 243 g/mol. The van der Waals surface area contributed by atoms with Gasteiger partial charge in [-0.1, -0.05) is 12.1 Å². The molecule has 0 aliphatic rings. The minimum absolute atomic E-state index is 0.0956. The van der Waals surface area contributed by atoms with Crippen LogP contribution in [0.25, 0.3) is 0 Å². The van der Waals surface area contributed by atoms with Crippen LogP contribution >= 0.6 is 0 Å². The molecule has 0 aliphatic heterocycles. The molecular weight excluding hydrogens is 224 g/mol. The van der Waals surface area contributed by atoms with Crippen molar-refractivity contribution in [1.29, 1.82) is 0 Å². The molecule has 1 rings (SSSR count). The smallest absolute Gasteiger partial charge is 0.274 e. The fourth-order valence-electron chi connectivity index (χ4n) is 1.80. The highest BCUT2D eigenvalue weighted by molar-refractivity contribution is 5.44. The summed E-state index contributed by atoms with van der Waals surface area (Å²) in [5, 5.41) is 0. The van der Waals surface area contributed by atoms with Gasteiger partial charge in [0.2, 0.25) is 0 Å². The molecule has 0 aliphatic carbocycles. The van der Waals surface area contributed by atoms with E-state index >= 15 is 0 Å². The Labute approximate surface area is 101 Å². The van der Waals surface area contributed by atoms with Crippen molar-refractivity contribution >= 4 is 0 Å². The zero-order valence-electron chi connectivity index (χ0n) is 10.7. The summed E-state index contributed by atoms with van der Waals surface area (Å²) in [7, 11) is 1.40. The van der Waals surface area contributed by atoms with Crippen molar-refractivity contribution in [2.45, 2.75) is 38.7 Å². The Morgan fingerprint density at radius 2 is 1.82 bits per heavy atom. The molecule has 0 atom stereocenters. The van der Waals surface area contributed by atoms with Gasteiger partial charge in [-0.15, -0.1) is 0 Å². The molecule has 1 aromatic rings. The molecule has 0 saturated heterocycles. The van der Waals surface area contributed by atoms with E-state index in [4.69, 9.17) is 10.5 Å². The summed E-state index contributed by atoms with van der Waals surface area (Å²) in [4.78, 5) is 0. The molecule has 4 heteroatoms. The summed E-state index contributed by atoms with van der Waals surface area (Å²) in [6.07, 6.45) is 0.486. The zero-order valence-corrected chi connectivity index (χ0v) is 10.7. The number of benzene rings is 1. The first-order chi connectivity index (χ1) is 7.65. The Kier molecular flexibility index (Phi) is 3.77. The third kappa shape index (κ3) is 3.66. The van der Waals surface area contributed by atoms with Crippen LogP contribution in [0.5, 0.6) is 5.75 Å². The van der Waals surface area contributed by atoms with Crippen LogP contribution < -0.4 is 10.5 Å². The van der Waals surface area contributed by atoms with E-state index in [1.165, 1.54) is 13.2 Å². The van der Waals surface area contributed by atoms with Crippen molar-refractivity contribution in [3.05, 3.63) is 29.3 Å². The molecule has 0 aromatic heterocycles. The molecule has 0 unspecified atom stereocenters. The second-order valence-corrected chi connectivity index (χ2v) is 5.05. The molecule has 0 fully saturated rings. The molecule has 0 heterocycles. The number of alkyl halides is 2. The van der Waals surface area contributed by atoms with E-state index in [2.05, 4.69) is 0 Å². The van der Waals surface area contributed by atoms with Gasteiger partial charge in [-0.3, -0.25) is 0 Å². The average Bonchev–Trinajstić information content (AvgIpc) is 2.13. The Hall–Kier alpha value is -1.16. The lowest BCUT2D eigenvalue weighted by Crippen LogP contribution is -2.34. The normalized spacial score (nSPS) is 12.6. The standard InChI is InChI=1S/C13H19F2NO/c1-12(2,16)8-9-6-5-7-10(11(9)17-4)13(3,14)15/h5-7H,8,16H2,1-4H3. The molecule has 0 bridgehead atoms. The number of rotatable bonds is 4. The highest BCUT2D eigenvalue weighted by atomic mass is 19.3. The maximum atomic E-state index is 13.4. The molecule has 0 radical (unpaired) electrons. The van der Waals surface area contributed by atoms with Gasteiger partial charge < -0.3 is 10.5 Å². The first-order valence-corrected chi connectivity index (χ1v) is 5.48. The molecule has 0 spiro atoms. The fourth-order valence-corrected chi connectivity index (χ4v) is 1.80. The Morgan fingerprint density at radius 1 is 1.24 bits per heavy atom. The molecule has 17 heavy (non-hydrogen) atoms. The van der Waals surface area contributed by atoms with Crippen LogP contribution in [-0.2, 0) is 12.3 Å². The van der Waals surface area contributed by atoms with Crippen molar-refractivity contribution < 1.29 is 13.5 Å². The van der Waals surface area contributed by atoms with Gasteiger partial charge in [0.05, 0.1) is 12.7 Å². The van der Waals surface area contributed by atoms with Gasteiger partial charge in [-0.25, -0.2) is 8.78 Å². The second-order valence-electron chi connectivity index (χ2n) is 5.05. The Morgan fingerprint density at radius 3 is 2.24 bits per heavy atom. The first kappa shape index (κ1) is 13.9. The molecule has 2 N–H and O–H groups in total. The van der Waals surface area contributed by atoms with Crippen LogP contribution in [0, 0.1) is 0 Å². The molecule has 0 saturated carbocycles. The van der Waals surface area contributed by atoms with Gasteiger partial charge >= 0.3 is 0 Å². The minimum Gasteiger partial charge on any atom is -0.496 e. The number of hydrogen-bond acceptors (Lipinski definition) is 2. The van der Waals surface area contributed by atoms with Gasteiger partial charge in [0.15, 0.2) is 0 Å². The van der Waals surface area contributed by atoms with E-state index in [0.717, 1.165) is 6.92 Å². The predicted molar refractivity (Wildman–Crippen MR) is 64.5 cm³/mol. The van der Waals surface area contributed by atoms with Crippen LogP contribution in [0.3, 0.4) is 0 Å². The van der Waals surface area contributed by atoms with Crippen molar-refractivity contribution in [1.82, 2.24) is 0 Å². The van der Waals surface area contributed by atoms with Crippen LogP contribution in [-0.4, -0.2) is 12.6 Å². The third-order valence-electron chi connectivity index (χ3n) is 2.42. The van der Waals surface area contributed by atoms with E-state index in [-0.39, 0.29) is 11.3 Å². The SMILES string of the molecule is COc1c(CC(C)(C)N)cccc1C(C)(F)F. The topological polar surface area (TPSA) is 35.2 Å². The summed E-state index contributed by atoms with van der Waals surface area (Å²) in [5.74, 6) is -2.68. The quantitative estimate of drug-likeness (QED) is 0.882. The van der Waals surface area contributed by atoms with Crippen LogP contribution in [0.4, 0.5) is 8.78 Å². The lowest BCUT2D eigenvalue weighted by Gasteiger charge is -2.23. The molecule has 96 valence electrons. The molecular formula is C13H19F2NO. The van der Waals surface area contributed by atoms with E-state index in [9.17, 15) is 8.78 Å². The average molecular weight is 243 g/mol. The first-order valence-electron chi connectivity index (χ1n) is 5.48. The third-order valence-corrected chi connectivity index (χ3v) is 2.42. The maximum Gasteiger partial charge on any atom is 0.274 e. The van der Waals surface area contributed by atoms with Crippen LogP contribution in [0.1, 0.15) is 31.9 Å². The van der Waals surface area contributed by atoms with Gasteiger partial charge in [0.1, 0.15) is 5.75 Å². The fraction of sp³-hybridized carbons (Fsp3) is 0.538. The van der Waals surface area contributed by atoms with Crippen molar-refractivity contribution in [2.24, 2.45) is 5.73 Å². The number of halogens is 2. The summed E-state index contributed by atoms with van der Waals surface area (Å²) >= 11 is 0. The lowest BCUT2D eigenvalue weighted by molar-refractivity contribution is 0.0149. The number of hydrogen-bond donors (Lipinski definition) is 1. The van der Waals surface area contributed by atoms with Crippen LogP contribution in [0.2, 0.25) is 0 Å². The predicted octanol–water partition coefficient (Wildman–Crippen LogP) is 3.09. The molecule has 1 aromatic carbocycles. The van der Waals surface area contributed by atoms with Gasteiger partial charge in [0, 0.05) is 12.5 Å². The lowest BCUT2D eigenvalue weighted by atomic mass is 9.93. The summed E-state index contributed by atoms with van der Waals surface area (Å²) < 4.78 is 31.9. The summed E-state index contributed by atoms with van der Waals surface area (Å²) in [5.41, 5.74) is 6.06. The number of para-hydroxylation sites is 1. The Bertz CT molecular complexity index is 391. The Balaban J connectivity index is 3.24. The van der Waals surface area contributed by atoms with Gasteiger partial charge in [0.25, 0.3) is 5.92 Å². The summed E-state index contributed by atoms with van der Waals surface area (Å²) in [6, 6.07) is 4.75. The highest BCUT2D eigenvalue weighted by Crippen LogP contribution is 2.37. The van der Waals surface area contributed by atoms with Crippen molar-refractivity contribution in [3.63, 3.8) is 0 Å². The highest BCUT2D eigenvalue weighted by Gasteiger charge is 2.30. The number of nitrogens with two attached hydrogens (primary N) is 1. The maximum absolute atomic E-state index is 13.4.